The van der Waals surface area contributed by atoms with Crippen molar-refractivity contribution in [3.8, 4) is 5.75 Å². The van der Waals surface area contributed by atoms with E-state index in [1.165, 1.54) is 9.13 Å². The highest BCUT2D eigenvalue weighted by Gasteiger charge is 2.11. The molecule has 1 unspecified atom stereocenters. The summed E-state index contributed by atoms with van der Waals surface area (Å²) in [6.45, 7) is 2.71. The molecule has 2 aromatic rings. The number of rotatable bonds is 5. The standard InChI is InChI=1S/C16H17BrINO/c1-11(19-2)15-9-13(17)5-8-16(15)20-10-12-3-6-14(18)7-4-12/h3-9,11,19H,10H2,1-2H3. The fourth-order valence-corrected chi connectivity index (χ4v) is 2.62. The first-order chi connectivity index (χ1) is 9.60. The lowest BCUT2D eigenvalue weighted by Gasteiger charge is -2.17. The molecular weight excluding hydrogens is 429 g/mol. The van der Waals surface area contributed by atoms with Crippen LogP contribution in [-0.2, 0) is 6.61 Å². The third-order valence-electron chi connectivity index (χ3n) is 3.18. The van der Waals surface area contributed by atoms with E-state index in [0.717, 1.165) is 15.8 Å². The second-order valence-corrected chi connectivity index (χ2v) is 6.77. The van der Waals surface area contributed by atoms with Gasteiger partial charge in [0.05, 0.1) is 0 Å². The summed E-state index contributed by atoms with van der Waals surface area (Å²) >= 11 is 5.82. The highest BCUT2D eigenvalue weighted by Crippen LogP contribution is 2.29. The molecule has 2 rings (SSSR count). The zero-order valence-corrected chi connectivity index (χ0v) is 15.2. The van der Waals surface area contributed by atoms with Gasteiger partial charge in [-0.05, 0) is 72.5 Å². The summed E-state index contributed by atoms with van der Waals surface area (Å²) in [5, 5.41) is 3.25. The SMILES string of the molecule is CNC(C)c1cc(Br)ccc1OCc1ccc(I)cc1. The van der Waals surface area contributed by atoms with E-state index in [1.807, 2.05) is 19.2 Å². The number of benzene rings is 2. The summed E-state index contributed by atoms with van der Waals surface area (Å²) in [6, 6.07) is 14.8. The molecule has 0 aliphatic carbocycles. The third kappa shape index (κ3) is 4.20. The van der Waals surface area contributed by atoms with Crippen LogP contribution in [0.2, 0.25) is 0 Å². The number of hydrogen-bond acceptors (Lipinski definition) is 2. The van der Waals surface area contributed by atoms with E-state index < -0.39 is 0 Å². The molecule has 0 saturated carbocycles. The zero-order chi connectivity index (χ0) is 14.5. The van der Waals surface area contributed by atoms with Crippen molar-refractivity contribution < 1.29 is 4.74 Å². The fourth-order valence-electron chi connectivity index (χ4n) is 1.89. The molecular formula is C16H17BrINO. The molecule has 1 atom stereocenters. The Kier molecular flexibility index (Phi) is 5.86. The van der Waals surface area contributed by atoms with Crippen LogP contribution in [0.4, 0.5) is 0 Å². The van der Waals surface area contributed by atoms with Crippen LogP contribution >= 0.6 is 38.5 Å². The van der Waals surface area contributed by atoms with Crippen LogP contribution in [0.5, 0.6) is 5.75 Å². The Hall–Kier alpha value is -0.590. The molecule has 0 spiro atoms. The van der Waals surface area contributed by atoms with Gasteiger partial charge in [-0.2, -0.15) is 0 Å². The maximum Gasteiger partial charge on any atom is 0.124 e. The molecule has 4 heteroatoms. The normalized spacial score (nSPS) is 12.2. The highest BCUT2D eigenvalue weighted by atomic mass is 127. The number of hydrogen-bond donors (Lipinski definition) is 1. The van der Waals surface area contributed by atoms with Crippen molar-refractivity contribution >= 4 is 38.5 Å². The zero-order valence-electron chi connectivity index (χ0n) is 11.5. The molecule has 2 aromatic carbocycles. The molecule has 0 aliphatic rings. The maximum atomic E-state index is 5.98. The number of halogens is 2. The average molecular weight is 446 g/mol. The summed E-state index contributed by atoms with van der Waals surface area (Å²) < 4.78 is 8.28. The first-order valence-electron chi connectivity index (χ1n) is 6.44. The van der Waals surface area contributed by atoms with Crippen molar-refractivity contribution in [3.63, 3.8) is 0 Å². The van der Waals surface area contributed by atoms with Crippen molar-refractivity contribution in [2.45, 2.75) is 19.6 Å². The number of nitrogens with one attached hydrogen (secondary N) is 1. The summed E-state index contributed by atoms with van der Waals surface area (Å²) in [6.07, 6.45) is 0. The van der Waals surface area contributed by atoms with Gasteiger partial charge in [-0.3, -0.25) is 0 Å². The molecule has 1 N–H and O–H groups in total. The molecule has 0 amide bonds. The van der Waals surface area contributed by atoms with E-state index in [4.69, 9.17) is 4.74 Å². The van der Waals surface area contributed by atoms with Crippen LogP contribution in [0.15, 0.2) is 46.9 Å². The van der Waals surface area contributed by atoms with Crippen molar-refractivity contribution in [2.75, 3.05) is 7.05 Å². The Morgan fingerprint density at radius 2 is 1.90 bits per heavy atom. The molecule has 0 radical (unpaired) electrons. The van der Waals surface area contributed by atoms with Gasteiger partial charge < -0.3 is 10.1 Å². The molecule has 0 aliphatic heterocycles. The van der Waals surface area contributed by atoms with Crippen LogP contribution in [0, 0.1) is 3.57 Å². The Morgan fingerprint density at radius 1 is 1.20 bits per heavy atom. The monoisotopic (exact) mass is 445 g/mol. The molecule has 0 aromatic heterocycles. The summed E-state index contributed by atoms with van der Waals surface area (Å²) in [4.78, 5) is 0. The Morgan fingerprint density at radius 3 is 2.55 bits per heavy atom. The predicted molar refractivity (Wildman–Crippen MR) is 95.1 cm³/mol. The molecule has 0 heterocycles. The first kappa shape index (κ1) is 15.8. The summed E-state index contributed by atoms with van der Waals surface area (Å²) in [5.74, 6) is 0.925. The lowest BCUT2D eigenvalue weighted by Crippen LogP contribution is -2.13. The maximum absolute atomic E-state index is 5.98. The van der Waals surface area contributed by atoms with Gasteiger partial charge in [-0.15, -0.1) is 0 Å². The van der Waals surface area contributed by atoms with Gasteiger partial charge in [0.25, 0.3) is 0 Å². The van der Waals surface area contributed by atoms with E-state index in [0.29, 0.717) is 6.61 Å². The minimum atomic E-state index is 0.249. The van der Waals surface area contributed by atoms with Gasteiger partial charge in [0.15, 0.2) is 0 Å². The highest BCUT2D eigenvalue weighted by molar-refractivity contribution is 14.1. The first-order valence-corrected chi connectivity index (χ1v) is 8.31. The van der Waals surface area contributed by atoms with Crippen LogP contribution in [0.3, 0.4) is 0 Å². The molecule has 106 valence electrons. The smallest absolute Gasteiger partial charge is 0.124 e. The van der Waals surface area contributed by atoms with E-state index in [-0.39, 0.29) is 6.04 Å². The van der Waals surface area contributed by atoms with Gasteiger partial charge >= 0.3 is 0 Å². The van der Waals surface area contributed by atoms with Gasteiger partial charge in [0, 0.05) is 19.6 Å². The van der Waals surface area contributed by atoms with Gasteiger partial charge in [0.1, 0.15) is 12.4 Å². The summed E-state index contributed by atoms with van der Waals surface area (Å²) in [7, 11) is 1.95. The van der Waals surface area contributed by atoms with Crippen LogP contribution < -0.4 is 10.1 Å². The van der Waals surface area contributed by atoms with Crippen molar-refractivity contribution in [3.05, 3.63) is 61.6 Å². The predicted octanol–water partition coefficient (Wildman–Crippen LogP) is 4.91. The minimum absolute atomic E-state index is 0.249. The van der Waals surface area contributed by atoms with Crippen molar-refractivity contribution in [2.24, 2.45) is 0 Å². The fraction of sp³-hybridized carbons (Fsp3) is 0.250. The lowest BCUT2D eigenvalue weighted by atomic mass is 10.1. The minimum Gasteiger partial charge on any atom is -0.489 e. The second kappa shape index (κ2) is 7.43. The van der Waals surface area contributed by atoms with E-state index in [2.05, 4.69) is 81.1 Å². The average Bonchev–Trinajstić information content (AvgIpc) is 2.46. The van der Waals surface area contributed by atoms with Gasteiger partial charge in [-0.25, -0.2) is 0 Å². The molecule has 0 bridgehead atoms. The molecule has 0 fully saturated rings. The Bertz CT molecular complexity index is 571. The van der Waals surface area contributed by atoms with E-state index in [9.17, 15) is 0 Å². The largest absolute Gasteiger partial charge is 0.489 e. The number of ether oxygens (including phenoxy) is 1. The lowest BCUT2D eigenvalue weighted by molar-refractivity contribution is 0.300. The van der Waals surface area contributed by atoms with Crippen LogP contribution in [0.1, 0.15) is 24.1 Å². The summed E-state index contributed by atoms with van der Waals surface area (Å²) in [5.41, 5.74) is 2.34. The quantitative estimate of drug-likeness (QED) is 0.660. The van der Waals surface area contributed by atoms with Crippen LogP contribution in [-0.4, -0.2) is 7.05 Å². The third-order valence-corrected chi connectivity index (χ3v) is 4.39. The van der Waals surface area contributed by atoms with Crippen LogP contribution in [0.25, 0.3) is 0 Å². The second-order valence-electron chi connectivity index (χ2n) is 4.61. The Balaban J connectivity index is 2.14. The molecule has 0 saturated heterocycles. The Labute approximate surface area is 142 Å². The van der Waals surface area contributed by atoms with Crippen molar-refractivity contribution in [1.29, 1.82) is 0 Å². The van der Waals surface area contributed by atoms with Crippen molar-refractivity contribution in [1.82, 2.24) is 5.32 Å². The van der Waals surface area contributed by atoms with E-state index in [1.54, 1.807) is 0 Å². The molecule has 2 nitrogen and oxygen atoms in total. The topological polar surface area (TPSA) is 21.3 Å². The van der Waals surface area contributed by atoms with Gasteiger partial charge in [-0.1, -0.05) is 28.1 Å². The van der Waals surface area contributed by atoms with Gasteiger partial charge in [0.2, 0.25) is 0 Å². The molecule has 20 heavy (non-hydrogen) atoms. The van der Waals surface area contributed by atoms with E-state index >= 15 is 0 Å².